The third kappa shape index (κ3) is 54.6. The Labute approximate surface area is 424 Å². The molecule has 69 heavy (non-hydrogen) atoms. The molecular weight excluding hydrogens is 853 g/mol. The van der Waals surface area contributed by atoms with E-state index in [4.69, 9.17) is 14.2 Å². The summed E-state index contributed by atoms with van der Waals surface area (Å²) in [7, 11) is 0. The fourth-order valence-corrected chi connectivity index (χ4v) is 7.37. The number of ether oxygens (including phenoxy) is 3. The van der Waals surface area contributed by atoms with Crippen LogP contribution in [-0.2, 0) is 28.6 Å². The fourth-order valence-electron chi connectivity index (χ4n) is 7.37. The monoisotopic (exact) mass is 955 g/mol. The molecule has 0 aliphatic rings. The van der Waals surface area contributed by atoms with Crippen LogP contribution in [0.15, 0.2) is 122 Å². The topological polar surface area (TPSA) is 78.9 Å². The standard InChI is InChI=1S/C63H102O6/c1-4-7-10-13-16-19-22-25-27-28-29-30-31-32-33-34-36-38-41-44-47-50-53-56-62(65)68-59-60(58-67-61(64)55-52-49-46-43-40-37-24-21-18-15-12-9-6-3)69-63(66)57-54-51-48-45-42-39-35-26-23-20-17-14-11-8-5-2/h7-8,10-11,16-17,19-20,25-27,29-30,32-33,35,42,45,51,54,60H,4-6,9,12-15,18,21-24,28,31,34,36-41,43-44,46-50,52-53,55-59H2,1-3H3/b10-7-,11-8-,19-16-,20-17-,27-25-,30-29-,33-32-,35-26-,45-42-,54-51-. The molecule has 0 aliphatic heterocycles. The number of carbonyl (C=O) groups is 3. The molecule has 0 N–H and O–H groups in total. The third-order valence-corrected chi connectivity index (χ3v) is 11.5. The van der Waals surface area contributed by atoms with E-state index in [2.05, 4.69) is 130 Å². The molecule has 6 heteroatoms. The minimum absolute atomic E-state index is 0.0915. The molecule has 0 aliphatic carbocycles. The van der Waals surface area contributed by atoms with Crippen LogP contribution in [0.25, 0.3) is 0 Å². The van der Waals surface area contributed by atoms with E-state index in [1.54, 1.807) is 6.08 Å². The fraction of sp³-hybridized carbons (Fsp3) is 0.635. The molecule has 0 aromatic heterocycles. The number of rotatable bonds is 49. The maximum Gasteiger partial charge on any atom is 0.310 e. The van der Waals surface area contributed by atoms with Crippen molar-refractivity contribution >= 4 is 17.9 Å². The lowest BCUT2D eigenvalue weighted by Crippen LogP contribution is -2.30. The number of esters is 3. The van der Waals surface area contributed by atoms with Gasteiger partial charge in [0.15, 0.2) is 6.10 Å². The lowest BCUT2D eigenvalue weighted by Gasteiger charge is -2.18. The molecular formula is C63H102O6. The van der Waals surface area contributed by atoms with Gasteiger partial charge in [-0.2, -0.15) is 0 Å². The highest BCUT2D eigenvalue weighted by molar-refractivity contribution is 5.72. The summed E-state index contributed by atoms with van der Waals surface area (Å²) in [6.45, 7) is 6.31. The van der Waals surface area contributed by atoms with Crippen LogP contribution in [-0.4, -0.2) is 37.2 Å². The third-order valence-electron chi connectivity index (χ3n) is 11.5. The minimum Gasteiger partial charge on any atom is -0.462 e. The Morgan fingerprint density at radius 3 is 0.957 bits per heavy atom. The highest BCUT2D eigenvalue weighted by atomic mass is 16.6. The van der Waals surface area contributed by atoms with Crippen molar-refractivity contribution < 1.29 is 28.6 Å². The average Bonchev–Trinajstić information content (AvgIpc) is 3.35. The first-order valence-electron chi connectivity index (χ1n) is 28.0. The highest BCUT2D eigenvalue weighted by Crippen LogP contribution is 2.14. The predicted molar refractivity (Wildman–Crippen MR) is 297 cm³/mol. The van der Waals surface area contributed by atoms with E-state index in [1.165, 1.54) is 89.9 Å². The molecule has 0 amide bonds. The van der Waals surface area contributed by atoms with Gasteiger partial charge in [-0.15, -0.1) is 0 Å². The van der Waals surface area contributed by atoms with Crippen LogP contribution in [0, 0.1) is 0 Å². The number of allylic oxidation sites excluding steroid dienone is 19. The summed E-state index contributed by atoms with van der Waals surface area (Å²) in [6.07, 6.45) is 77.8. The lowest BCUT2D eigenvalue weighted by atomic mass is 10.0. The molecule has 0 fully saturated rings. The van der Waals surface area contributed by atoms with Gasteiger partial charge in [0, 0.05) is 12.8 Å². The summed E-state index contributed by atoms with van der Waals surface area (Å²) in [6, 6.07) is 0. The van der Waals surface area contributed by atoms with Crippen LogP contribution in [0.3, 0.4) is 0 Å². The van der Waals surface area contributed by atoms with Crippen molar-refractivity contribution in [3.63, 3.8) is 0 Å². The van der Waals surface area contributed by atoms with Gasteiger partial charge in [-0.05, 0) is 89.9 Å². The van der Waals surface area contributed by atoms with Crippen molar-refractivity contribution in [2.24, 2.45) is 0 Å². The van der Waals surface area contributed by atoms with Crippen LogP contribution >= 0.6 is 0 Å². The maximum absolute atomic E-state index is 12.8. The zero-order valence-corrected chi connectivity index (χ0v) is 44.5. The predicted octanol–water partition coefficient (Wildman–Crippen LogP) is 18.9. The van der Waals surface area contributed by atoms with Crippen molar-refractivity contribution in [2.75, 3.05) is 13.2 Å². The average molecular weight is 956 g/mol. The largest absolute Gasteiger partial charge is 0.462 e. The van der Waals surface area contributed by atoms with Gasteiger partial charge in [0.25, 0.3) is 0 Å². The summed E-state index contributed by atoms with van der Waals surface area (Å²) in [4.78, 5) is 38.0. The van der Waals surface area contributed by atoms with Gasteiger partial charge in [0.1, 0.15) is 13.2 Å². The Morgan fingerprint density at radius 2 is 0.609 bits per heavy atom. The maximum atomic E-state index is 12.8. The Kier molecular flexibility index (Phi) is 53.0. The molecule has 0 radical (unpaired) electrons. The molecule has 0 aromatic rings. The molecule has 1 unspecified atom stereocenters. The number of hydrogen-bond acceptors (Lipinski definition) is 6. The van der Waals surface area contributed by atoms with Crippen LogP contribution in [0.4, 0.5) is 0 Å². The van der Waals surface area contributed by atoms with E-state index >= 15 is 0 Å². The molecule has 390 valence electrons. The highest BCUT2D eigenvalue weighted by Gasteiger charge is 2.19. The SMILES string of the molecule is CC/C=C\C/C=C\C/C=C\C/C=C\C/C=C\CCCCCCCCCC(=O)OCC(COC(=O)CCCCCCCCCCCCCCC)OC(=O)C/C=C\C/C=C\C/C=C\C/C=C\C/C=C\CC. The van der Waals surface area contributed by atoms with Crippen molar-refractivity contribution in [1.29, 1.82) is 0 Å². The van der Waals surface area contributed by atoms with E-state index < -0.39 is 12.1 Å². The number of unbranched alkanes of at least 4 members (excludes halogenated alkanes) is 19. The molecule has 1 atom stereocenters. The first-order valence-corrected chi connectivity index (χ1v) is 28.0. The smallest absolute Gasteiger partial charge is 0.310 e. The van der Waals surface area contributed by atoms with E-state index in [9.17, 15) is 14.4 Å². The summed E-state index contributed by atoms with van der Waals surface area (Å²) < 4.78 is 16.7. The van der Waals surface area contributed by atoms with E-state index in [1.807, 2.05) is 6.08 Å². The molecule has 0 saturated carbocycles. The molecule has 0 bridgehead atoms. The van der Waals surface area contributed by atoms with Gasteiger partial charge in [0.2, 0.25) is 0 Å². The van der Waals surface area contributed by atoms with Crippen LogP contribution < -0.4 is 0 Å². The van der Waals surface area contributed by atoms with E-state index in [-0.39, 0.29) is 31.6 Å². The Hall–Kier alpha value is -4.19. The Balaban J connectivity index is 4.47. The lowest BCUT2D eigenvalue weighted by molar-refractivity contribution is -0.166. The zero-order valence-electron chi connectivity index (χ0n) is 44.5. The van der Waals surface area contributed by atoms with Crippen molar-refractivity contribution in [3.8, 4) is 0 Å². The molecule has 6 nitrogen and oxygen atoms in total. The molecule has 0 rings (SSSR count). The molecule has 0 saturated heterocycles. The summed E-state index contributed by atoms with van der Waals surface area (Å²) >= 11 is 0. The first-order chi connectivity index (χ1) is 34.0. The molecule has 0 aromatic carbocycles. The van der Waals surface area contributed by atoms with Crippen molar-refractivity contribution in [3.05, 3.63) is 122 Å². The van der Waals surface area contributed by atoms with Crippen LogP contribution in [0.5, 0.6) is 0 Å². The van der Waals surface area contributed by atoms with Crippen molar-refractivity contribution in [1.82, 2.24) is 0 Å². The Morgan fingerprint density at radius 1 is 0.319 bits per heavy atom. The normalized spacial score (nSPS) is 13.0. The van der Waals surface area contributed by atoms with Gasteiger partial charge in [0.05, 0.1) is 6.42 Å². The number of carbonyl (C=O) groups excluding carboxylic acids is 3. The van der Waals surface area contributed by atoms with Gasteiger partial charge in [-0.25, -0.2) is 0 Å². The second-order valence-corrected chi connectivity index (χ2v) is 18.1. The van der Waals surface area contributed by atoms with Crippen molar-refractivity contribution in [2.45, 2.75) is 245 Å². The summed E-state index contributed by atoms with van der Waals surface area (Å²) in [5, 5.41) is 0. The van der Waals surface area contributed by atoms with Crippen LogP contribution in [0.1, 0.15) is 239 Å². The first kappa shape index (κ1) is 64.8. The van der Waals surface area contributed by atoms with Gasteiger partial charge in [-0.3, -0.25) is 14.4 Å². The molecule has 0 spiro atoms. The number of hydrogen-bond donors (Lipinski definition) is 0. The molecule has 0 heterocycles. The summed E-state index contributed by atoms with van der Waals surface area (Å²) in [5.41, 5.74) is 0. The van der Waals surface area contributed by atoms with Crippen LogP contribution in [0.2, 0.25) is 0 Å². The zero-order chi connectivity index (χ0) is 50.0. The van der Waals surface area contributed by atoms with Gasteiger partial charge in [-0.1, -0.05) is 251 Å². The van der Waals surface area contributed by atoms with E-state index in [0.717, 1.165) is 103 Å². The van der Waals surface area contributed by atoms with Gasteiger partial charge >= 0.3 is 17.9 Å². The Bertz CT molecular complexity index is 1470. The second-order valence-electron chi connectivity index (χ2n) is 18.1. The van der Waals surface area contributed by atoms with Gasteiger partial charge < -0.3 is 14.2 Å². The minimum atomic E-state index is -0.839. The quantitative estimate of drug-likeness (QED) is 0.0262. The van der Waals surface area contributed by atoms with E-state index in [0.29, 0.717) is 19.3 Å². The second kappa shape index (κ2) is 56.4. The summed E-state index contributed by atoms with van der Waals surface area (Å²) in [5.74, 6) is -1.07.